The van der Waals surface area contributed by atoms with Gasteiger partial charge in [0, 0.05) is 5.92 Å². The van der Waals surface area contributed by atoms with Crippen molar-refractivity contribution < 1.29 is 19.1 Å². The van der Waals surface area contributed by atoms with Crippen molar-refractivity contribution in [3.05, 3.63) is 59.7 Å². The smallest absolute Gasteiger partial charge is 0.433 e. The Morgan fingerprint density at radius 3 is 2.10 bits per heavy atom. The molecule has 1 aliphatic carbocycles. The van der Waals surface area contributed by atoms with Crippen LogP contribution in [-0.2, 0) is 14.3 Å². The molecule has 0 atom stereocenters. The van der Waals surface area contributed by atoms with Crippen molar-refractivity contribution in [3.63, 3.8) is 0 Å². The van der Waals surface area contributed by atoms with Crippen molar-refractivity contribution >= 4 is 12.4 Å². The molecule has 0 aromatic heterocycles. The lowest BCUT2D eigenvalue weighted by Gasteiger charge is -2.13. The molecule has 0 heterocycles. The fourth-order valence-corrected chi connectivity index (χ4v) is 2.73. The third kappa shape index (κ3) is 2.52. The molecule has 106 valence electrons. The standard InChI is InChI=1S/C17H14O4/c18-9-10-20-17(19)21-11-16-14-7-3-1-5-12(14)13-6-2-4-8-15(13)16/h1-9,16H,10-11H2. The van der Waals surface area contributed by atoms with Crippen LogP contribution in [0.1, 0.15) is 17.0 Å². The Hall–Kier alpha value is -2.62. The van der Waals surface area contributed by atoms with Gasteiger partial charge in [0.1, 0.15) is 6.61 Å². The number of ether oxygens (including phenoxy) is 2. The summed E-state index contributed by atoms with van der Waals surface area (Å²) in [6, 6.07) is 16.2. The lowest BCUT2D eigenvalue weighted by Crippen LogP contribution is -2.14. The van der Waals surface area contributed by atoms with Crippen molar-refractivity contribution in [3.8, 4) is 11.1 Å². The second kappa shape index (κ2) is 5.79. The molecule has 2 aromatic carbocycles. The van der Waals surface area contributed by atoms with Crippen LogP contribution in [0.5, 0.6) is 0 Å². The molecular formula is C17H14O4. The van der Waals surface area contributed by atoms with Crippen LogP contribution in [0.15, 0.2) is 48.5 Å². The van der Waals surface area contributed by atoms with Gasteiger partial charge in [-0.1, -0.05) is 48.5 Å². The first kappa shape index (κ1) is 13.4. The number of carbonyl (C=O) groups is 2. The molecule has 0 spiro atoms. The van der Waals surface area contributed by atoms with Gasteiger partial charge in [-0.15, -0.1) is 0 Å². The highest BCUT2D eigenvalue weighted by Gasteiger charge is 2.29. The van der Waals surface area contributed by atoms with Gasteiger partial charge in [-0.25, -0.2) is 4.79 Å². The molecule has 4 heteroatoms. The zero-order valence-corrected chi connectivity index (χ0v) is 11.3. The number of hydrogen-bond donors (Lipinski definition) is 0. The van der Waals surface area contributed by atoms with Crippen molar-refractivity contribution in [2.75, 3.05) is 13.2 Å². The van der Waals surface area contributed by atoms with Gasteiger partial charge in [0.25, 0.3) is 0 Å². The highest BCUT2D eigenvalue weighted by molar-refractivity contribution is 5.79. The number of aldehydes is 1. The first-order valence-electron chi connectivity index (χ1n) is 6.72. The van der Waals surface area contributed by atoms with Crippen LogP contribution >= 0.6 is 0 Å². The maximum atomic E-state index is 11.4. The number of carbonyl (C=O) groups excluding carboxylic acids is 2. The zero-order valence-electron chi connectivity index (χ0n) is 11.3. The third-order valence-corrected chi connectivity index (χ3v) is 3.60. The van der Waals surface area contributed by atoms with Crippen LogP contribution in [0.25, 0.3) is 11.1 Å². The number of fused-ring (bicyclic) bond motifs is 3. The summed E-state index contributed by atoms with van der Waals surface area (Å²) in [5.41, 5.74) is 4.62. The average Bonchev–Trinajstić information content (AvgIpc) is 2.85. The molecule has 0 amide bonds. The van der Waals surface area contributed by atoms with Gasteiger partial charge in [-0.2, -0.15) is 0 Å². The Kier molecular flexibility index (Phi) is 3.69. The minimum absolute atomic E-state index is 0.00109. The summed E-state index contributed by atoms with van der Waals surface area (Å²) in [6.45, 7) is -0.0810. The molecule has 0 fully saturated rings. The Morgan fingerprint density at radius 1 is 0.952 bits per heavy atom. The molecule has 0 saturated heterocycles. The predicted octanol–water partition coefficient (Wildman–Crippen LogP) is 3.15. The van der Waals surface area contributed by atoms with Crippen LogP contribution in [0.2, 0.25) is 0 Å². The monoisotopic (exact) mass is 282 g/mol. The first-order valence-corrected chi connectivity index (χ1v) is 6.72. The van der Waals surface area contributed by atoms with Crippen molar-refractivity contribution in [1.29, 1.82) is 0 Å². The van der Waals surface area contributed by atoms with Crippen LogP contribution in [0, 0.1) is 0 Å². The SMILES string of the molecule is O=CCOC(=O)OCC1c2ccccc2-c2ccccc21. The van der Waals surface area contributed by atoms with E-state index in [1.54, 1.807) is 0 Å². The van der Waals surface area contributed by atoms with E-state index < -0.39 is 6.16 Å². The molecule has 3 rings (SSSR count). The second-order valence-electron chi connectivity index (χ2n) is 4.77. The average molecular weight is 282 g/mol. The van der Waals surface area contributed by atoms with E-state index >= 15 is 0 Å². The Bertz CT molecular complexity index is 632. The number of hydrogen-bond acceptors (Lipinski definition) is 4. The van der Waals surface area contributed by atoms with Gasteiger partial charge in [0.2, 0.25) is 0 Å². The predicted molar refractivity (Wildman–Crippen MR) is 77.1 cm³/mol. The summed E-state index contributed by atoms with van der Waals surface area (Å²) in [4.78, 5) is 21.5. The van der Waals surface area contributed by atoms with Crippen LogP contribution in [0.3, 0.4) is 0 Å². The normalized spacial score (nSPS) is 12.4. The molecule has 1 aliphatic rings. The third-order valence-electron chi connectivity index (χ3n) is 3.60. The van der Waals surface area contributed by atoms with Gasteiger partial charge in [0.05, 0.1) is 0 Å². The molecule has 0 radical (unpaired) electrons. The number of rotatable bonds is 4. The topological polar surface area (TPSA) is 52.6 Å². The van der Waals surface area contributed by atoms with Crippen LogP contribution < -0.4 is 0 Å². The highest BCUT2D eigenvalue weighted by Crippen LogP contribution is 2.44. The van der Waals surface area contributed by atoms with Gasteiger partial charge >= 0.3 is 6.16 Å². The lowest BCUT2D eigenvalue weighted by molar-refractivity contribution is -0.111. The summed E-state index contributed by atoms with van der Waals surface area (Å²) in [5, 5.41) is 0. The summed E-state index contributed by atoms with van der Waals surface area (Å²) >= 11 is 0. The quantitative estimate of drug-likeness (QED) is 0.638. The maximum absolute atomic E-state index is 11.4. The summed E-state index contributed by atoms with van der Waals surface area (Å²) in [6.07, 6.45) is -0.300. The van der Waals surface area contributed by atoms with E-state index in [9.17, 15) is 9.59 Å². The van der Waals surface area contributed by atoms with E-state index in [0.717, 1.165) is 11.1 Å². The van der Waals surface area contributed by atoms with E-state index in [4.69, 9.17) is 4.74 Å². The van der Waals surface area contributed by atoms with Crippen molar-refractivity contribution in [2.45, 2.75) is 5.92 Å². The van der Waals surface area contributed by atoms with E-state index in [-0.39, 0.29) is 19.1 Å². The highest BCUT2D eigenvalue weighted by atomic mass is 16.7. The fourth-order valence-electron chi connectivity index (χ4n) is 2.73. The summed E-state index contributed by atoms with van der Waals surface area (Å²) in [7, 11) is 0. The van der Waals surface area contributed by atoms with Gasteiger partial charge in [-0.05, 0) is 22.3 Å². The maximum Gasteiger partial charge on any atom is 0.508 e. The summed E-state index contributed by atoms with van der Waals surface area (Å²) < 4.78 is 9.72. The molecule has 0 bridgehead atoms. The minimum Gasteiger partial charge on any atom is -0.433 e. The minimum atomic E-state index is -0.816. The Morgan fingerprint density at radius 2 is 1.52 bits per heavy atom. The molecule has 0 N–H and O–H groups in total. The lowest BCUT2D eigenvalue weighted by atomic mass is 9.98. The zero-order chi connectivity index (χ0) is 14.7. The number of benzene rings is 2. The van der Waals surface area contributed by atoms with E-state index in [0.29, 0.717) is 6.29 Å². The van der Waals surface area contributed by atoms with Gasteiger partial charge in [0.15, 0.2) is 12.9 Å². The van der Waals surface area contributed by atoms with E-state index in [1.165, 1.54) is 11.1 Å². The molecular weight excluding hydrogens is 268 g/mol. The Balaban J connectivity index is 1.82. The molecule has 0 saturated carbocycles. The molecule has 2 aromatic rings. The van der Waals surface area contributed by atoms with Crippen molar-refractivity contribution in [1.82, 2.24) is 0 Å². The van der Waals surface area contributed by atoms with E-state index in [1.807, 2.05) is 36.4 Å². The second-order valence-corrected chi connectivity index (χ2v) is 4.77. The van der Waals surface area contributed by atoms with Gasteiger partial charge in [-0.3, -0.25) is 4.79 Å². The van der Waals surface area contributed by atoms with Gasteiger partial charge < -0.3 is 9.47 Å². The Labute approximate surface area is 122 Å². The molecule has 0 unspecified atom stereocenters. The molecule has 21 heavy (non-hydrogen) atoms. The fraction of sp³-hybridized carbons (Fsp3) is 0.176. The molecule has 4 nitrogen and oxygen atoms in total. The van der Waals surface area contributed by atoms with Crippen LogP contribution in [-0.4, -0.2) is 25.7 Å². The summed E-state index contributed by atoms with van der Waals surface area (Å²) in [5.74, 6) is 0.00109. The van der Waals surface area contributed by atoms with Crippen LogP contribution in [0.4, 0.5) is 4.79 Å². The largest absolute Gasteiger partial charge is 0.508 e. The van der Waals surface area contributed by atoms with E-state index in [2.05, 4.69) is 16.9 Å². The van der Waals surface area contributed by atoms with Crippen molar-refractivity contribution in [2.24, 2.45) is 0 Å². The first-order chi connectivity index (χ1) is 10.3. The molecule has 0 aliphatic heterocycles.